The van der Waals surface area contributed by atoms with Crippen molar-refractivity contribution in [3.05, 3.63) is 21.1 Å². The molecule has 0 atom stereocenters. The molecule has 1 N–H and O–H groups in total. The topological polar surface area (TPSA) is 21.3 Å². The number of ether oxygens (including phenoxy) is 1. The summed E-state index contributed by atoms with van der Waals surface area (Å²) in [7, 11) is 3.51. The zero-order chi connectivity index (χ0) is 9.14. The first-order valence-electron chi connectivity index (χ1n) is 3.40. The maximum Gasteiger partial charge on any atom is 0.135 e. The van der Waals surface area contributed by atoms with E-state index in [1.54, 1.807) is 7.11 Å². The minimum atomic E-state index is 0.822. The standard InChI is InChI=1S/C8H9Br2NO/c1-11-8-5(9)3-4-6(12-2)7(8)10/h3-4,11H,1-2H3. The number of benzene rings is 1. The Morgan fingerprint density at radius 2 is 2.00 bits per heavy atom. The van der Waals surface area contributed by atoms with Gasteiger partial charge in [-0.3, -0.25) is 0 Å². The normalized spacial score (nSPS) is 9.67. The predicted molar refractivity (Wildman–Crippen MR) is 57.9 cm³/mol. The highest BCUT2D eigenvalue weighted by Crippen LogP contribution is 2.37. The molecule has 0 fully saturated rings. The Hall–Kier alpha value is -0.220. The number of rotatable bonds is 2. The average Bonchev–Trinajstić information content (AvgIpc) is 2.06. The molecule has 0 aliphatic rings. The fraction of sp³-hybridized carbons (Fsp3) is 0.250. The Labute approximate surface area is 88.6 Å². The molecule has 1 aromatic rings. The summed E-state index contributed by atoms with van der Waals surface area (Å²) in [6.45, 7) is 0. The van der Waals surface area contributed by atoms with E-state index in [2.05, 4.69) is 37.2 Å². The van der Waals surface area contributed by atoms with Crippen molar-refractivity contribution in [1.82, 2.24) is 0 Å². The van der Waals surface area contributed by atoms with Crippen LogP contribution in [0.3, 0.4) is 0 Å². The Morgan fingerprint density at radius 3 is 2.50 bits per heavy atom. The summed E-state index contributed by atoms with van der Waals surface area (Å²) in [5.41, 5.74) is 0.995. The number of anilines is 1. The summed E-state index contributed by atoms with van der Waals surface area (Å²) in [4.78, 5) is 0. The first-order chi connectivity index (χ1) is 5.70. The predicted octanol–water partition coefficient (Wildman–Crippen LogP) is 3.26. The highest BCUT2D eigenvalue weighted by atomic mass is 79.9. The second kappa shape index (κ2) is 4.14. The quantitative estimate of drug-likeness (QED) is 0.904. The molecule has 0 heterocycles. The van der Waals surface area contributed by atoms with Gasteiger partial charge in [0.15, 0.2) is 0 Å². The Bertz CT molecular complexity index is 289. The first-order valence-corrected chi connectivity index (χ1v) is 4.99. The van der Waals surface area contributed by atoms with Gasteiger partial charge in [0.25, 0.3) is 0 Å². The lowest BCUT2D eigenvalue weighted by Gasteiger charge is -2.09. The van der Waals surface area contributed by atoms with Gasteiger partial charge in [0.05, 0.1) is 17.3 Å². The summed E-state index contributed by atoms with van der Waals surface area (Å²) in [6.07, 6.45) is 0. The van der Waals surface area contributed by atoms with Crippen LogP contribution in [-0.4, -0.2) is 14.2 Å². The minimum absolute atomic E-state index is 0.822. The summed E-state index contributed by atoms with van der Waals surface area (Å²) < 4.78 is 7.08. The third-order valence-corrected chi connectivity index (χ3v) is 2.97. The van der Waals surface area contributed by atoms with Crippen LogP contribution in [0.15, 0.2) is 21.1 Å². The van der Waals surface area contributed by atoms with Crippen molar-refractivity contribution in [2.75, 3.05) is 19.5 Å². The monoisotopic (exact) mass is 293 g/mol. The summed E-state index contributed by atoms with van der Waals surface area (Å²) in [5.74, 6) is 0.822. The first kappa shape index (κ1) is 9.86. The van der Waals surface area contributed by atoms with Crippen molar-refractivity contribution in [1.29, 1.82) is 0 Å². The maximum atomic E-state index is 5.13. The lowest BCUT2D eigenvalue weighted by atomic mass is 10.3. The molecule has 0 unspecified atom stereocenters. The molecule has 0 amide bonds. The second-order valence-corrected chi connectivity index (χ2v) is 3.84. The highest BCUT2D eigenvalue weighted by molar-refractivity contribution is 9.11. The molecule has 0 spiro atoms. The fourth-order valence-corrected chi connectivity index (χ4v) is 2.42. The summed E-state index contributed by atoms with van der Waals surface area (Å²) in [6, 6.07) is 3.84. The zero-order valence-corrected chi connectivity index (χ0v) is 9.99. The third-order valence-electron chi connectivity index (χ3n) is 1.53. The van der Waals surface area contributed by atoms with Gasteiger partial charge in [0.2, 0.25) is 0 Å². The van der Waals surface area contributed by atoms with Crippen LogP contribution in [0, 0.1) is 0 Å². The number of hydrogen-bond donors (Lipinski definition) is 1. The molecule has 0 saturated carbocycles. The molecule has 1 rings (SSSR count). The molecule has 0 aliphatic carbocycles. The number of methoxy groups -OCH3 is 1. The van der Waals surface area contributed by atoms with E-state index in [0.717, 1.165) is 20.4 Å². The van der Waals surface area contributed by atoms with Gasteiger partial charge in [-0.1, -0.05) is 0 Å². The van der Waals surface area contributed by atoms with Crippen molar-refractivity contribution >= 4 is 37.5 Å². The number of halogens is 2. The number of hydrogen-bond acceptors (Lipinski definition) is 2. The molecule has 0 aromatic heterocycles. The van der Waals surface area contributed by atoms with Crippen LogP contribution in [0.5, 0.6) is 5.75 Å². The van der Waals surface area contributed by atoms with Crippen LogP contribution < -0.4 is 10.1 Å². The van der Waals surface area contributed by atoms with Gasteiger partial charge in [-0.2, -0.15) is 0 Å². The SMILES string of the molecule is CNc1c(Br)ccc(OC)c1Br. The molecule has 12 heavy (non-hydrogen) atoms. The summed E-state index contributed by atoms with van der Waals surface area (Å²) >= 11 is 6.86. The van der Waals surface area contributed by atoms with E-state index in [1.165, 1.54) is 0 Å². The molecule has 0 saturated heterocycles. The largest absolute Gasteiger partial charge is 0.495 e. The van der Waals surface area contributed by atoms with Gasteiger partial charge < -0.3 is 10.1 Å². The molecule has 0 radical (unpaired) electrons. The van der Waals surface area contributed by atoms with Crippen LogP contribution in [0.25, 0.3) is 0 Å². The van der Waals surface area contributed by atoms with Gasteiger partial charge in [-0.15, -0.1) is 0 Å². The minimum Gasteiger partial charge on any atom is -0.495 e. The zero-order valence-electron chi connectivity index (χ0n) is 6.82. The van der Waals surface area contributed by atoms with Gasteiger partial charge in [-0.25, -0.2) is 0 Å². The molecule has 2 nitrogen and oxygen atoms in total. The molecule has 66 valence electrons. The van der Waals surface area contributed by atoms with E-state index in [9.17, 15) is 0 Å². The van der Waals surface area contributed by atoms with Crippen LogP contribution >= 0.6 is 31.9 Å². The molecule has 4 heteroatoms. The molecule has 0 bridgehead atoms. The smallest absolute Gasteiger partial charge is 0.135 e. The Kier molecular flexibility index (Phi) is 3.40. The van der Waals surface area contributed by atoms with E-state index in [-0.39, 0.29) is 0 Å². The second-order valence-electron chi connectivity index (χ2n) is 2.19. The van der Waals surface area contributed by atoms with Crippen LogP contribution in [0.4, 0.5) is 5.69 Å². The van der Waals surface area contributed by atoms with Crippen molar-refractivity contribution in [2.45, 2.75) is 0 Å². The van der Waals surface area contributed by atoms with Crippen molar-refractivity contribution < 1.29 is 4.74 Å². The van der Waals surface area contributed by atoms with E-state index < -0.39 is 0 Å². The van der Waals surface area contributed by atoms with Gasteiger partial charge in [0.1, 0.15) is 5.75 Å². The van der Waals surface area contributed by atoms with Crippen LogP contribution in [0.1, 0.15) is 0 Å². The van der Waals surface area contributed by atoms with Gasteiger partial charge >= 0.3 is 0 Å². The van der Waals surface area contributed by atoms with E-state index >= 15 is 0 Å². The molecule has 0 aliphatic heterocycles. The van der Waals surface area contributed by atoms with Crippen molar-refractivity contribution in [3.8, 4) is 5.75 Å². The molecular formula is C8H9Br2NO. The summed E-state index contributed by atoms with van der Waals surface area (Å²) in [5, 5.41) is 3.06. The lowest BCUT2D eigenvalue weighted by Crippen LogP contribution is -1.93. The van der Waals surface area contributed by atoms with Crippen LogP contribution in [-0.2, 0) is 0 Å². The van der Waals surface area contributed by atoms with Gasteiger partial charge in [0, 0.05) is 11.5 Å². The molecular weight excluding hydrogens is 286 g/mol. The number of nitrogens with one attached hydrogen (secondary N) is 1. The third kappa shape index (κ3) is 1.75. The fourth-order valence-electron chi connectivity index (χ4n) is 0.920. The van der Waals surface area contributed by atoms with Crippen molar-refractivity contribution in [2.24, 2.45) is 0 Å². The lowest BCUT2D eigenvalue weighted by molar-refractivity contribution is 0.412. The maximum absolute atomic E-state index is 5.13. The van der Waals surface area contributed by atoms with E-state index in [4.69, 9.17) is 4.74 Å². The van der Waals surface area contributed by atoms with Crippen LogP contribution in [0.2, 0.25) is 0 Å². The van der Waals surface area contributed by atoms with Crippen molar-refractivity contribution in [3.63, 3.8) is 0 Å². The molecule has 1 aromatic carbocycles. The Balaban J connectivity index is 3.24. The Morgan fingerprint density at radius 1 is 1.33 bits per heavy atom. The highest BCUT2D eigenvalue weighted by Gasteiger charge is 2.07. The van der Waals surface area contributed by atoms with E-state index in [0.29, 0.717) is 0 Å². The van der Waals surface area contributed by atoms with Gasteiger partial charge in [-0.05, 0) is 44.0 Å². The van der Waals surface area contributed by atoms with E-state index in [1.807, 2.05) is 19.2 Å². The average molecular weight is 295 g/mol.